The first-order valence-electron chi connectivity index (χ1n) is 4.56. The highest BCUT2D eigenvalue weighted by Gasteiger charge is 2.00. The van der Waals surface area contributed by atoms with Crippen molar-refractivity contribution in [3.8, 4) is 12.3 Å². The van der Waals surface area contributed by atoms with Crippen molar-refractivity contribution in [2.24, 2.45) is 0 Å². The van der Waals surface area contributed by atoms with Crippen molar-refractivity contribution in [3.63, 3.8) is 0 Å². The average molecular weight is 189 g/mol. The van der Waals surface area contributed by atoms with E-state index >= 15 is 0 Å². The van der Waals surface area contributed by atoms with Crippen LogP contribution in [0.25, 0.3) is 0 Å². The third kappa shape index (κ3) is 3.32. The molecule has 1 N–H and O–H groups in total. The zero-order valence-electron chi connectivity index (χ0n) is 8.79. The summed E-state index contributed by atoms with van der Waals surface area (Å²) in [6.07, 6.45) is 5.16. The summed E-state index contributed by atoms with van der Waals surface area (Å²) in [5.74, 6) is 2.38. The van der Waals surface area contributed by atoms with Gasteiger partial charge in [0.25, 0.3) is 5.91 Å². The first kappa shape index (κ1) is 12.2. The minimum Gasteiger partial charge on any atom is -0.355 e. The number of terminal acetylenes is 1. The van der Waals surface area contributed by atoms with E-state index < -0.39 is 0 Å². The van der Waals surface area contributed by atoms with Crippen LogP contribution in [-0.2, 0) is 0 Å². The summed E-state index contributed by atoms with van der Waals surface area (Å²) in [6, 6.07) is 6.89. The van der Waals surface area contributed by atoms with Crippen LogP contribution in [0.3, 0.4) is 0 Å². The highest BCUT2D eigenvalue weighted by Crippen LogP contribution is 2.02. The molecule has 0 saturated heterocycles. The van der Waals surface area contributed by atoms with Gasteiger partial charge in [-0.15, -0.1) is 6.42 Å². The molecule has 2 nitrogen and oxygen atoms in total. The number of nitrogens with one attached hydrogen (secondary N) is 1. The van der Waals surface area contributed by atoms with Crippen LogP contribution in [0.1, 0.15) is 29.8 Å². The van der Waals surface area contributed by atoms with Gasteiger partial charge in [-0.05, 0) is 24.3 Å². The lowest BCUT2D eigenvalue weighted by molar-refractivity contribution is 0.0963. The van der Waals surface area contributed by atoms with Gasteiger partial charge in [0.15, 0.2) is 0 Å². The highest BCUT2D eigenvalue weighted by molar-refractivity contribution is 5.94. The minimum atomic E-state index is -0.0985. The Bertz CT molecular complexity index is 319. The van der Waals surface area contributed by atoms with Gasteiger partial charge in [-0.25, -0.2) is 0 Å². The van der Waals surface area contributed by atoms with E-state index in [2.05, 4.69) is 11.2 Å². The molecule has 1 rings (SSSR count). The molecular formula is C12H15NO. The van der Waals surface area contributed by atoms with E-state index in [1.54, 1.807) is 31.3 Å². The molecule has 0 unspecified atom stereocenters. The van der Waals surface area contributed by atoms with Crippen LogP contribution in [0.15, 0.2) is 24.3 Å². The summed E-state index contributed by atoms with van der Waals surface area (Å²) >= 11 is 0. The molecule has 0 bridgehead atoms. The second-order valence-electron chi connectivity index (χ2n) is 2.30. The largest absolute Gasteiger partial charge is 0.355 e. The maximum absolute atomic E-state index is 11.1. The Morgan fingerprint density at radius 1 is 1.29 bits per heavy atom. The van der Waals surface area contributed by atoms with Gasteiger partial charge in [-0.2, -0.15) is 0 Å². The molecule has 2 heteroatoms. The molecule has 1 amide bonds. The first-order valence-corrected chi connectivity index (χ1v) is 4.56. The van der Waals surface area contributed by atoms with Gasteiger partial charge in [-0.1, -0.05) is 19.8 Å². The van der Waals surface area contributed by atoms with Crippen LogP contribution in [0.2, 0.25) is 0 Å². The summed E-state index contributed by atoms with van der Waals surface area (Å²) in [4.78, 5) is 11.1. The molecule has 0 aliphatic carbocycles. The van der Waals surface area contributed by atoms with E-state index in [0.29, 0.717) is 5.56 Å². The van der Waals surface area contributed by atoms with Crippen LogP contribution in [0.4, 0.5) is 0 Å². The molecule has 74 valence electrons. The second-order valence-corrected chi connectivity index (χ2v) is 2.30. The van der Waals surface area contributed by atoms with Gasteiger partial charge in [0.05, 0.1) is 0 Å². The fourth-order valence-electron chi connectivity index (χ4n) is 0.862. The Kier molecular flexibility index (Phi) is 5.89. The third-order valence-electron chi connectivity index (χ3n) is 1.54. The average Bonchev–Trinajstić information content (AvgIpc) is 2.31. The number of benzene rings is 1. The third-order valence-corrected chi connectivity index (χ3v) is 1.54. The van der Waals surface area contributed by atoms with E-state index in [4.69, 9.17) is 6.42 Å². The van der Waals surface area contributed by atoms with Gasteiger partial charge >= 0.3 is 0 Å². The summed E-state index contributed by atoms with van der Waals surface area (Å²) in [5.41, 5.74) is 1.40. The molecule has 0 radical (unpaired) electrons. The van der Waals surface area contributed by atoms with Gasteiger partial charge in [0.1, 0.15) is 0 Å². The van der Waals surface area contributed by atoms with Crippen LogP contribution in [0, 0.1) is 12.3 Å². The topological polar surface area (TPSA) is 29.1 Å². The van der Waals surface area contributed by atoms with Crippen molar-refractivity contribution < 1.29 is 4.79 Å². The fourth-order valence-corrected chi connectivity index (χ4v) is 0.862. The van der Waals surface area contributed by atoms with E-state index in [9.17, 15) is 4.79 Å². The van der Waals surface area contributed by atoms with Crippen molar-refractivity contribution in [2.75, 3.05) is 7.05 Å². The summed E-state index contributed by atoms with van der Waals surface area (Å²) in [6.45, 7) is 4.00. The second kappa shape index (κ2) is 6.73. The molecule has 0 aliphatic rings. The zero-order valence-corrected chi connectivity index (χ0v) is 8.79. The zero-order chi connectivity index (χ0) is 11.0. The normalized spacial score (nSPS) is 7.86. The monoisotopic (exact) mass is 189 g/mol. The quantitative estimate of drug-likeness (QED) is 0.673. The van der Waals surface area contributed by atoms with Gasteiger partial charge in [0, 0.05) is 18.2 Å². The van der Waals surface area contributed by atoms with Crippen LogP contribution >= 0.6 is 0 Å². The number of rotatable bonds is 1. The van der Waals surface area contributed by atoms with Crippen LogP contribution < -0.4 is 5.32 Å². The molecule has 0 aliphatic heterocycles. The number of hydrogen-bond acceptors (Lipinski definition) is 1. The Morgan fingerprint density at radius 2 is 1.79 bits per heavy atom. The molecule has 14 heavy (non-hydrogen) atoms. The molecule has 1 aromatic rings. The summed E-state index contributed by atoms with van der Waals surface area (Å²) < 4.78 is 0. The van der Waals surface area contributed by atoms with E-state index in [-0.39, 0.29) is 5.91 Å². The standard InChI is InChI=1S/C10H9NO.C2H6/c1-3-8-4-6-9(7-5-8)10(12)11-2;1-2/h1,4-7H,2H3,(H,11,12);1-2H3. The Labute approximate surface area is 85.3 Å². The molecule has 1 aromatic carbocycles. The van der Waals surface area contributed by atoms with Gasteiger partial charge in [-0.3, -0.25) is 4.79 Å². The van der Waals surface area contributed by atoms with Crippen molar-refractivity contribution >= 4 is 5.91 Å². The molecule has 0 fully saturated rings. The smallest absolute Gasteiger partial charge is 0.251 e. The molecular weight excluding hydrogens is 174 g/mol. The lowest BCUT2D eigenvalue weighted by Crippen LogP contribution is -2.17. The lowest BCUT2D eigenvalue weighted by Gasteiger charge is -1.98. The van der Waals surface area contributed by atoms with Crippen LogP contribution in [0.5, 0.6) is 0 Å². The van der Waals surface area contributed by atoms with Crippen molar-refractivity contribution in [3.05, 3.63) is 35.4 Å². The Morgan fingerprint density at radius 3 is 2.14 bits per heavy atom. The maximum Gasteiger partial charge on any atom is 0.251 e. The Hall–Kier alpha value is -1.75. The highest BCUT2D eigenvalue weighted by atomic mass is 16.1. The minimum absolute atomic E-state index is 0.0985. The van der Waals surface area contributed by atoms with Gasteiger partial charge in [0.2, 0.25) is 0 Å². The van der Waals surface area contributed by atoms with E-state index in [0.717, 1.165) is 5.56 Å². The summed E-state index contributed by atoms with van der Waals surface area (Å²) in [5, 5.41) is 2.53. The SMILES string of the molecule is C#Cc1ccc(C(=O)NC)cc1.CC. The molecule has 0 heterocycles. The number of carbonyl (C=O) groups is 1. The Balaban J connectivity index is 0.000000791. The lowest BCUT2D eigenvalue weighted by atomic mass is 10.1. The molecule has 0 spiro atoms. The van der Waals surface area contributed by atoms with Crippen molar-refractivity contribution in [2.45, 2.75) is 13.8 Å². The summed E-state index contributed by atoms with van der Waals surface area (Å²) in [7, 11) is 1.59. The number of amides is 1. The molecule has 0 atom stereocenters. The predicted octanol–water partition coefficient (Wildman–Crippen LogP) is 2.05. The van der Waals surface area contributed by atoms with Crippen LogP contribution in [-0.4, -0.2) is 13.0 Å². The fraction of sp³-hybridized carbons (Fsp3) is 0.250. The van der Waals surface area contributed by atoms with E-state index in [1.165, 1.54) is 0 Å². The predicted molar refractivity (Wildman–Crippen MR) is 59.1 cm³/mol. The maximum atomic E-state index is 11.1. The van der Waals surface area contributed by atoms with Crippen molar-refractivity contribution in [1.82, 2.24) is 5.32 Å². The molecule has 0 saturated carbocycles. The first-order chi connectivity index (χ1) is 6.77. The van der Waals surface area contributed by atoms with E-state index in [1.807, 2.05) is 13.8 Å². The molecule has 0 aromatic heterocycles. The van der Waals surface area contributed by atoms with Gasteiger partial charge < -0.3 is 5.32 Å². The number of hydrogen-bond donors (Lipinski definition) is 1. The van der Waals surface area contributed by atoms with Crippen molar-refractivity contribution in [1.29, 1.82) is 0 Å². The number of carbonyl (C=O) groups excluding carboxylic acids is 1.